The van der Waals surface area contributed by atoms with Gasteiger partial charge in [0.2, 0.25) is 5.91 Å². The summed E-state index contributed by atoms with van der Waals surface area (Å²) in [7, 11) is 0. The van der Waals surface area contributed by atoms with E-state index in [1.54, 1.807) is 13.1 Å². The number of nitrogens with one attached hydrogen (secondary N) is 2. The van der Waals surface area contributed by atoms with Gasteiger partial charge in [0, 0.05) is 11.9 Å². The Balaban J connectivity index is 2.11. The average molecular weight is 294 g/mol. The van der Waals surface area contributed by atoms with E-state index >= 15 is 0 Å². The zero-order chi connectivity index (χ0) is 12.3. The molecule has 2 N–H and O–H groups in total. The fraction of sp³-hybridized carbons (Fsp3) is 0.167. The van der Waals surface area contributed by atoms with Crippen LogP contribution in [0.15, 0.2) is 36.5 Å². The topological polar surface area (TPSA) is 57.8 Å². The number of anilines is 1. The minimum Gasteiger partial charge on any atom is -0.325 e. The van der Waals surface area contributed by atoms with Crippen LogP contribution in [0.2, 0.25) is 0 Å². The smallest absolute Gasteiger partial charge is 0.237 e. The van der Waals surface area contributed by atoms with E-state index in [0.29, 0.717) is 0 Å². The van der Waals surface area contributed by atoms with Crippen LogP contribution in [0.1, 0.15) is 6.92 Å². The van der Waals surface area contributed by atoms with Crippen LogP contribution in [0, 0.1) is 0 Å². The first-order valence-electron chi connectivity index (χ1n) is 5.21. The maximum atomic E-state index is 11.5. The summed E-state index contributed by atoms with van der Waals surface area (Å²) in [6, 6.07) is 9.49. The first kappa shape index (κ1) is 11.9. The summed E-state index contributed by atoms with van der Waals surface area (Å²) in [5, 5.41) is 9.58. The van der Waals surface area contributed by atoms with Crippen LogP contribution in [0.5, 0.6) is 0 Å². The number of halogens is 1. The number of aromatic amines is 1. The highest BCUT2D eigenvalue weighted by molar-refractivity contribution is 9.10. The number of rotatable bonds is 3. The van der Waals surface area contributed by atoms with Gasteiger partial charge >= 0.3 is 0 Å². The van der Waals surface area contributed by atoms with Gasteiger partial charge in [-0.2, -0.15) is 5.10 Å². The van der Waals surface area contributed by atoms with Crippen molar-refractivity contribution in [1.82, 2.24) is 10.2 Å². The minimum atomic E-state index is -0.199. The van der Waals surface area contributed by atoms with Crippen LogP contribution < -0.4 is 5.32 Å². The second-order valence-corrected chi connectivity index (χ2v) is 5.03. The minimum absolute atomic E-state index is 0.0562. The monoisotopic (exact) mass is 293 g/mol. The van der Waals surface area contributed by atoms with Crippen LogP contribution in [-0.2, 0) is 4.79 Å². The molecule has 0 aliphatic carbocycles. The van der Waals surface area contributed by atoms with E-state index in [0.717, 1.165) is 16.9 Å². The third kappa shape index (κ3) is 2.94. The molecular weight excluding hydrogens is 282 g/mol. The Morgan fingerprint density at radius 3 is 2.59 bits per heavy atom. The lowest BCUT2D eigenvalue weighted by atomic mass is 10.1. The Morgan fingerprint density at radius 2 is 2.06 bits per heavy atom. The highest BCUT2D eigenvalue weighted by Gasteiger charge is 2.08. The molecule has 1 aromatic carbocycles. The molecule has 5 heteroatoms. The van der Waals surface area contributed by atoms with Gasteiger partial charge < -0.3 is 5.32 Å². The number of carbonyl (C=O) groups excluding carboxylic acids is 1. The summed E-state index contributed by atoms with van der Waals surface area (Å²) >= 11 is 3.22. The number of alkyl halides is 1. The van der Waals surface area contributed by atoms with Crippen molar-refractivity contribution in [3.63, 3.8) is 0 Å². The van der Waals surface area contributed by atoms with Gasteiger partial charge in [0.25, 0.3) is 0 Å². The number of hydrogen-bond donors (Lipinski definition) is 2. The molecule has 1 heterocycles. The predicted octanol–water partition coefficient (Wildman–Crippen LogP) is 2.80. The molecule has 0 spiro atoms. The number of H-pyrrole nitrogens is 1. The second-order valence-electron chi connectivity index (χ2n) is 3.65. The third-order valence-corrected chi connectivity index (χ3v) is 2.74. The predicted molar refractivity (Wildman–Crippen MR) is 71.0 cm³/mol. The SMILES string of the molecule is CC(Br)C(=O)Nc1ccc(-c2ccn[nH]2)cc1. The molecular formula is C12H12BrN3O. The molecule has 4 nitrogen and oxygen atoms in total. The molecule has 0 aliphatic heterocycles. The summed E-state index contributed by atoms with van der Waals surface area (Å²) in [6.45, 7) is 1.79. The van der Waals surface area contributed by atoms with Crippen LogP contribution in [-0.4, -0.2) is 20.9 Å². The van der Waals surface area contributed by atoms with Crippen molar-refractivity contribution in [1.29, 1.82) is 0 Å². The van der Waals surface area contributed by atoms with E-state index in [9.17, 15) is 4.79 Å². The van der Waals surface area contributed by atoms with Crippen molar-refractivity contribution in [2.24, 2.45) is 0 Å². The Kier molecular flexibility index (Phi) is 3.58. The summed E-state index contributed by atoms with van der Waals surface area (Å²) in [5.74, 6) is -0.0562. The lowest BCUT2D eigenvalue weighted by molar-refractivity contribution is -0.115. The number of carbonyl (C=O) groups is 1. The quantitative estimate of drug-likeness (QED) is 0.855. The van der Waals surface area contributed by atoms with E-state index in [1.165, 1.54) is 0 Å². The highest BCUT2D eigenvalue weighted by atomic mass is 79.9. The van der Waals surface area contributed by atoms with Gasteiger partial charge in [0.15, 0.2) is 0 Å². The molecule has 88 valence electrons. The molecule has 0 fully saturated rings. The van der Waals surface area contributed by atoms with Crippen LogP contribution in [0.4, 0.5) is 5.69 Å². The van der Waals surface area contributed by atoms with Crippen molar-refractivity contribution >= 4 is 27.5 Å². The lowest BCUT2D eigenvalue weighted by Crippen LogP contribution is -2.19. The normalized spacial score (nSPS) is 12.1. The Labute approximate surface area is 108 Å². The standard InChI is InChI=1S/C12H12BrN3O/c1-8(13)12(17)15-10-4-2-9(3-5-10)11-6-7-14-16-11/h2-8H,1H3,(H,14,16)(H,15,17). The number of nitrogens with zero attached hydrogens (tertiary/aromatic N) is 1. The maximum Gasteiger partial charge on any atom is 0.237 e. The molecule has 2 rings (SSSR count). The zero-order valence-corrected chi connectivity index (χ0v) is 10.9. The largest absolute Gasteiger partial charge is 0.325 e. The summed E-state index contributed by atoms with van der Waals surface area (Å²) in [6.07, 6.45) is 1.71. The average Bonchev–Trinajstić information content (AvgIpc) is 2.83. The third-order valence-electron chi connectivity index (χ3n) is 2.33. The molecule has 2 aromatic rings. The molecule has 0 bridgehead atoms. The van der Waals surface area contributed by atoms with Crippen LogP contribution in [0.3, 0.4) is 0 Å². The first-order valence-corrected chi connectivity index (χ1v) is 6.13. The van der Waals surface area contributed by atoms with E-state index in [-0.39, 0.29) is 10.7 Å². The molecule has 0 radical (unpaired) electrons. The van der Waals surface area contributed by atoms with Gasteiger partial charge in [0.1, 0.15) is 0 Å². The fourth-order valence-corrected chi connectivity index (χ4v) is 1.51. The van der Waals surface area contributed by atoms with Gasteiger partial charge in [-0.1, -0.05) is 28.1 Å². The number of aromatic nitrogens is 2. The molecule has 1 unspecified atom stereocenters. The van der Waals surface area contributed by atoms with Gasteiger partial charge in [-0.25, -0.2) is 0 Å². The molecule has 1 amide bonds. The molecule has 0 saturated heterocycles. The number of amides is 1. The van der Waals surface area contributed by atoms with Gasteiger partial charge in [-0.3, -0.25) is 9.89 Å². The highest BCUT2D eigenvalue weighted by Crippen LogP contribution is 2.19. The van der Waals surface area contributed by atoms with E-state index in [4.69, 9.17) is 0 Å². The van der Waals surface area contributed by atoms with Crippen molar-refractivity contribution in [3.05, 3.63) is 36.5 Å². The van der Waals surface area contributed by atoms with Crippen molar-refractivity contribution < 1.29 is 4.79 Å². The Hall–Kier alpha value is -1.62. The summed E-state index contributed by atoms with van der Waals surface area (Å²) in [4.78, 5) is 11.3. The molecule has 0 aliphatic rings. The molecule has 17 heavy (non-hydrogen) atoms. The van der Waals surface area contributed by atoms with Gasteiger partial charge in [0.05, 0.1) is 10.5 Å². The molecule has 1 atom stereocenters. The Bertz CT molecular complexity index is 491. The molecule has 0 saturated carbocycles. The van der Waals surface area contributed by atoms with Crippen molar-refractivity contribution in [2.45, 2.75) is 11.8 Å². The first-order chi connectivity index (χ1) is 8.16. The van der Waals surface area contributed by atoms with Gasteiger partial charge in [-0.05, 0) is 30.7 Å². The van der Waals surface area contributed by atoms with Gasteiger partial charge in [-0.15, -0.1) is 0 Å². The number of benzene rings is 1. The van der Waals surface area contributed by atoms with Crippen LogP contribution >= 0.6 is 15.9 Å². The Morgan fingerprint density at radius 1 is 1.35 bits per heavy atom. The second kappa shape index (κ2) is 5.14. The lowest BCUT2D eigenvalue weighted by Gasteiger charge is -2.07. The zero-order valence-electron chi connectivity index (χ0n) is 9.27. The summed E-state index contributed by atoms with van der Waals surface area (Å²) < 4.78 is 0. The number of hydrogen-bond acceptors (Lipinski definition) is 2. The van der Waals surface area contributed by atoms with Crippen molar-refractivity contribution in [3.8, 4) is 11.3 Å². The maximum absolute atomic E-state index is 11.5. The van der Waals surface area contributed by atoms with Crippen LogP contribution in [0.25, 0.3) is 11.3 Å². The summed E-state index contributed by atoms with van der Waals surface area (Å²) in [5.41, 5.74) is 2.77. The molecule has 1 aromatic heterocycles. The van der Waals surface area contributed by atoms with E-state index < -0.39 is 0 Å². The fourth-order valence-electron chi connectivity index (χ4n) is 1.39. The van der Waals surface area contributed by atoms with E-state index in [2.05, 4.69) is 31.4 Å². The van der Waals surface area contributed by atoms with Crippen molar-refractivity contribution in [2.75, 3.05) is 5.32 Å². The van der Waals surface area contributed by atoms with E-state index in [1.807, 2.05) is 30.3 Å².